The van der Waals surface area contributed by atoms with Crippen molar-refractivity contribution in [1.29, 1.82) is 0 Å². The molecule has 0 amide bonds. The Kier molecular flexibility index (Phi) is 5.81. The zero-order valence-electron chi connectivity index (χ0n) is 24.0. The van der Waals surface area contributed by atoms with Crippen molar-refractivity contribution in [3.05, 3.63) is 126 Å². The van der Waals surface area contributed by atoms with Gasteiger partial charge in [-0.15, -0.1) is 0 Å². The van der Waals surface area contributed by atoms with Crippen LogP contribution in [0.25, 0.3) is 0 Å². The summed E-state index contributed by atoms with van der Waals surface area (Å²) < 4.78 is 0. The average Bonchev–Trinajstić information content (AvgIpc) is 3.02. The van der Waals surface area contributed by atoms with Gasteiger partial charge in [0.2, 0.25) is 0 Å². The number of aryl methyl sites for hydroxylation is 2. The molecule has 200 valence electrons. The predicted molar refractivity (Wildman–Crippen MR) is 176 cm³/mol. The maximum atomic E-state index is 2.58. The molecular formula is C38H35BN2. The van der Waals surface area contributed by atoms with Gasteiger partial charge in [0, 0.05) is 34.1 Å². The Morgan fingerprint density at radius 3 is 1.85 bits per heavy atom. The first-order valence-corrected chi connectivity index (χ1v) is 15.3. The maximum absolute atomic E-state index is 2.58. The highest BCUT2D eigenvalue weighted by atomic mass is 15.2. The van der Waals surface area contributed by atoms with Gasteiger partial charge in [-0.1, -0.05) is 91.1 Å². The highest BCUT2D eigenvalue weighted by Crippen LogP contribution is 2.44. The van der Waals surface area contributed by atoms with E-state index in [-0.39, 0.29) is 6.71 Å². The average molecular weight is 531 g/mol. The molecule has 3 heteroatoms. The largest absolute Gasteiger partial charge is 0.311 e. The summed E-state index contributed by atoms with van der Waals surface area (Å²) >= 11 is 0. The summed E-state index contributed by atoms with van der Waals surface area (Å²) in [5.41, 5.74) is 15.9. The molecule has 2 aliphatic heterocycles. The Bertz CT molecular complexity index is 1750. The second-order valence-corrected chi connectivity index (χ2v) is 12.2. The summed E-state index contributed by atoms with van der Waals surface area (Å²) in [5, 5.41) is 0. The van der Waals surface area contributed by atoms with Crippen LogP contribution in [0, 0.1) is 13.8 Å². The van der Waals surface area contributed by atoms with E-state index in [9.17, 15) is 0 Å². The van der Waals surface area contributed by atoms with E-state index in [2.05, 4.69) is 133 Å². The number of hydrogen-bond acceptors (Lipinski definition) is 2. The fourth-order valence-corrected chi connectivity index (χ4v) is 7.60. The molecule has 2 nitrogen and oxygen atoms in total. The molecule has 8 rings (SSSR count). The number of fused-ring (bicyclic) bond motifs is 4. The van der Waals surface area contributed by atoms with Crippen LogP contribution >= 0.6 is 0 Å². The number of para-hydroxylation sites is 1. The monoisotopic (exact) mass is 530 g/mol. The van der Waals surface area contributed by atoms with Crippen molar-refractivity contribution in [1.82, 2.24) is 0 Å². The van der Waals surface area contributed by atoms with Crippen molar-refractivity contribution in [3.8, 4) is 0 Å². The van der Waals surface area contributed by atoms with Crippen LogP contribution in [0.3, 0.4) is 0 Å². The minimum atomic E-state index is 0.191. The normalized spacial score (nSPS) is 15.8. The number of benzene rings is 5. The fraction of sp³-hybridized carbons (Fsp3) is 0.211. The third kappa shape index (κ3) is 3.94. The predicted octanol–water partition coefficient (Wildman–Crippen LogP) is 8.43. The van der Waals surface area contributed by atoms with Gasteiger partial charge in [-0.2, -0.15) is 0 Å². The summed E-state index contributed by atoms with van der Waals surface area (Å²) in [5.74, 6) is 0.667. The van der Waals surface area contributed by atoms with Crippen LogP contribution < -0.4 is 26.2 Å². The van der Waals surface area contributed by atoms with E-state index < -0.39 is 0 Å². The molecule has 2 heterocycles. The van der Waals surface area contributed by atoms with Gasteiger partial charge >= 0.3 is 0 Å². The standard InChI is InChI=1S/C38H35BN2/c1-26-16-20-31(21-17-26)41-34-22-18-27(2)24-32(34)39-33-25-29(28-10-5-3-6-11-28)19-23-35(33)40(30-12-7-4-8-13-30)36-14-9-15-37(41)38(36)39/h4,7-9,12-25,28H,3,5-6,10-11H2,1-2H3. The SMILES string of the molecule is Cc1ccc(N2c3ccc(C)cc3B3c4cc(C5CCCCC5)ccc4N(c4ccccc4)c4cccc2c43)cc1. The molecule has 0 spiro atoms. The summed E-state index contributed by atoms with van der Waals surface area (Å²) in [6.07, 6.45) is 6.70. The van der Waals surface area contributed by atoms with Gasteiger partial charge in [0.15, 0.2) is 0 Å². The first-order valence-electron chi connectivity index (χ1n) is 15.3. The Morgan fingerprint density at radius 2 is 1.15 bits per heavy atom. The Morgan fingerprint density at radius 1 is 0.537 bits per heavy atom. The zero-order chi connectivity index (χ0) is 27.5. The topological polar surface area (TPSA) is 6.48 Å². The molecule has 0 radical (unpaired) electrons. The van der Waals surface area contributed by atoms with Gasteiger partial charge in [-0.05, 0) is 103 Å². The van der Waals surface area contributed by atoms with Crippen molar-refractivity contribution in [2.75, 3.05) is 9.80 Å². The molecule has 41 heavy (non-hydrogen) atoms. The quantitative estimate of drug-likeness (QED) is 0.212. The molecule has 1 aliphatic carbocycles. The molecular weight excluding hydrogens is 495 g/mol. The molecule has 0 aromatic heterocycles. The van der Waals surface area contributed by atoms with Crippen LogP contribution in [-0.4, -0.2) is 6.71 Å². The first kappa shape index (κ1) is 24.6. The Hall–Kier alpha value is -4.24. The van der Waals surface area contributed by atoms with E-state index in [0.29, 0.717) is 5.92 Å². The minimum absolute atomic E-state index is 0.191. The van der Waals surface area contributed by atoms with E-state index in [0.717, 1.165) is 0 Å². The fourth-order valence-electron chi connectivity index (χ4n) is 7.60. The molecule has 0 N–H and O–H groups in total. The van der Waals surface area contributed by atoms with Crippen LogP contribution in [0.2, 0.25) is 0 Å². The number of nitrogens with zero attached hydrogens (tertiary/aromatic N) is 2. The summed E-state index contributed by atoms with van der Waals surface area (Å²) in [6, 6.07) is 41.3. The lowest BCUT2D eigenvalue weighted by atomic mass is 9.33. The summed E-state index contributed by atoms with van der Waals surface area (Å²) in [4.78, 5) is 4.99. The molecule has 5 aromatic carbocycles. The van der Waals surface area contributed by atoms with E-state index in [1.807, 2.05) is 0 Å². The highest BCUT2D eigenvalue weighted by Gasteiger charge is 2.43. The van der Waals surface area contributed by atoms with E-state index >= 15 is 0 Å². The van der Waals surface area contributed by atoms with Crippen LogP contribution in [-0.2, 0) is 0 Å². The lowest BCUT2D eigenvalue weighted by Gasteiger charge is -2.44. The van der Waals surface area contributed by atoms with E-state index in [4.69, 9.17) is 0 Å². The van der Waals surface area contributed by atoms with Gasteiger partial charge in [-0.25, -0.2) is 0 Å². The third-order valence-electron chi connectivity index (χ3n) is 9.55. The molecule has 1 saturated carbocycles. The van der Waals surface area contributed by atoms with Crippen LogP contribution in [0.5, 0.6) is 0 Å². The lowest BCUT2D eigenvalue weighted by Crippen LogP contribution is -2.61. The van der Waals surface area contributed by atoms with E-state index in [1.165, 1.54) is 99.3 Å². The van der Waals surface area contributed by atoms with Crippen molar-refractivity contribution < 1.29 is 0 Å². The van der Waals surface area contributed by atoms with Gasteiger partial charge in [0.25, 0.3) is 6.71 Å². The third-order valence-corrected chi connectivity index (χ3v) is 9.55. The van der Waals surface area contributed by atoms with Crippen molar-refractivity contribution in [2.24, 2.45) is 0 Å². The van der Waals surface area contributed by atoms with Crippen molar-refractivity contribution in [2.45, 2.75) is 51.9 Å². The second-order valence-electron chi connectivity index (χ2n) is 12.2. The number of rotatable bonds is 3. The molecule has 0 saturated heterocycles. The molecule has 5 aromatic rings. The Balaban J connectivity index is 1.42. The molecule has 3 aliphatic rings. The van der Waals surface area contributed by atoms with E-state index in [1.54, 1.807) is 0 Å². The summed E-state index contributed by atoms with van der Waals surface area (Å²) in [7, 11) is 0. The Labute approximate surface area is 244 Å². The lowest BCUT2D eigenvalue weighted by molar-refractivity contribution is 0.444. The van der Waals surface area contributed by atoms with Crippen LogP contribution in [0.1, 0.15) is 54.7 Å². The van der Waals surface area contributed by atoms with Gasteiger partial charge < -0.3 is 9.80 Å². The first-order chi connectivity index (χ1) is 20.2. The maximum Gasteiger partial charge on any atom is 0.252 e. The van der Waals surface area contributed by atoms with Gasteiger partial charge in [-0.3, -0.25) is 0 Å². The molecule has 1 fully saturated rings. The molecule has 0 atom stereocenters. The molecule has 0 unspecified atom stereocenters. The zero-order valence-corrected chi connectivity index (χ0v) is 24.0. The number of hydrogen-bond donors (Lipinski definition) is 0. The highest BCUT2D eigenvalue weighted by molar-refractivity contribution is 7.00. The smallest absolute Gasteiger partial charge is 0.252 e. The van der Waals surface area contributed by atoms with Gasteiger partial charge in [0.1, 0.15) is 0 Å². The van der Waals surface area contributed by atoms with Gasteiger partial charge in [0.05, 0.1) is 0 Å². The summed E-state index contributed by atoms with van der Waals surface area (Å²) in [6.45, 7) is 4.59. The van der Waals surface area contributed by atoms with Crippen LogP contribution in [0.4, 0.5) is 34.1 Å². The second kappa shape index (κ2) is 9.70. The minimum Gasteiger partial charge on any atom is -0.311 e. The molecule has 0 bridgehead atoms. The van der Waals surface area contributed by atoms with Crippen molar-refractivity contribution in [3.63, 3.8) is 0 Å². The van der Waals surface area contributed by atoms with Crippen LogP contribution in [0.15, 0.2) is 109 Å². The number of anilines is 6. The van der Waals surface area contributed by atoms with Crippen molar-refractivity contribution >= 4 is 57.2 Å².